The summed E-state index contributed by atoms with van der Waals surface area (Å²) in [5.74, 6) is -0.0864. The maximum absolute atomic E-state index is 13.0. The van der Waals surface area contributed by atoms with E-state index in [2.05, 4.69) is 15.4 Å². The Kier molecular flexibility index (Phi) is 5.86. The van der Waals surface area contributed by atoms with E-state index < -0.39 is 11.7 Å². The molecule has 1 heterocycles. The number of carbonyl (C=O) groups excluding carboxylic acids is 1. The molecule has 0 saturated carbocycles. The van der Waals surface area contributed by atoms with E-state index >= 15 is 0 Å². The topological polar surface area (TPSA) is 69.0 Å². The SMILES string of the molecule is Cc1nc(C(=O)Nc2ccc(F)cc2)nn1-c1cc(OC(C)C)c(Cl)cc1Cl. The molecule has 1 N–H and O–H groups in total. The second-order valence-corrected chi connectivity index (χ2v) is 7.07. The van der Waals surface area contributed by atoms with Crippen molar-refractivity contribution in [3.63, 3.8) is 0 Å². The van der Waals surface area contributed by atoms with E-state index in [4.69, 9.17) is 27.9 Å². The molecule has 6 nitrogen and oxygen atoms in total. The largest absolute Gasteiger partial charge is 0.489 e. The fourth-order valence-corrected chi connectivity index (χ4v) is 2.97. The van der Waals surface area contributed by atoms with Crippen molar-refractivity contribution in [3.05, 3.63) is 63.9 Å². The fourth-order valence-electron chi connectivity index (χ4n) is 2.46. The zero-order valence-electron chi connectivity index (χ0n) is 15.3. The van der Waals surface area contributed by atoms with Gasteiger partial charge in [0.05, 0.1) is 21.8 Å². The number of nitrogens with one attached hydrogen (secondary N) is 1. The average Bonchev–Trinajstić information content (AvgIpc) is 3.01. The Balaban J connectivity index is 1.91. The standard InChI is InChI=1S/C19H17Cl2FN4O2/c1-10(2)28-17-9-16(14(20)8-15(17)21)26-11(3)23-18(25-26)19(27)24-13-6-4-12(22)5-7-13/h4-10H,1-3H3,(H,24,27). The minimum absolute atomic E-state index is 0.0563. The molecule has 0 aliphatic heterocycles. The number of hydrogen-bond acceptors (Lipinski definition) is 4. The van der Waals surface area contributed by atoms with Gasteiger partial charge in [0.25, 0.3) is 5.91 Å². The van der Waals surface area contributed by atoms with E-state index in [0.717, 1.165) is 0 Å². The van der Waals surface area contributed by atoms with Crippen LogP contribution in [0.15, 0.2) is 36.4 Å². The molecule has 0 fully saturated rings. The van der Waals surface area contributed by atoms with Crippen LogP contribution < -0.4 is 10.1 Å². The summed E-state index contributed by atoms with van der Waals surface area (Å²) in [6.07, 6.45) is -0.0829. The van der Waals surface area contributed by atoms with E-state index in [9.17, 15) is 9.18 Å². The Morgan fingerprint density at radius 3 is 2.50 bits per heavy atom. The van der Waals surface area contributed by atoms with Gasteiger partial charge in [-0.15, -0.1) is 5.10 Å². The first-order valence-electron chi connectivity index (χ1n) is 8.41. The molecular weight excluding hydrogens is 406 g/mol. The lowest BCUT2D eigenvalue weighted by Crippen LogP contribution is -2.14. The number of aryl methyl sites for hydroxylation is 1. The summed E-state index contributed by atoms with van der Waals surface area (Å²) in [5.41, 5.74) is 0.907. The molecule has 0 atom stereocenters. The van der Waals surface area contributed by atoms with Crippen LogP contribution in [0.3, 0.4) is 0 Å². The molecule has 146 valence electrons. The van der Waals surface area contributed by atoms with Crippen LogP contribution in [0.4, 0.5) is 10.1 Å². The van der Waals surface area contributed by atoms with Gasteiger partial charge in [0.15, 0.2) is 0 Å². The molecule has 3 rings (SSSR count). The van der Waals surface area contributed by atoms with Crippen molar-refractivity contribution in [1.29, 1.82) is 0 Å². The van der Waals surface area contributed by atoms with Crippen LogP contribution in [-0.2, 0) is 0 Å². The van der Waals surface area contributed by atoms with E-state index in [1.807, 2.05) is 13.8 Å². The monoisotopic (exact) mass is 422 g/mol. The molecule has 0 unspecified atom stereocenters. The normalized spacial score (nSPS) is 11.0. The Morgan fingerprint density at radius 1 is 1.18 bits per heavy atom. The van der Waals surface area contributed by atoms with Crippen LogP contribution >= 0.6 is 23.2 Å². The summed E-state index contributed by atoms with van der Waals surface area (Å²) in [7, 11) is 0. The number of hydrogen-bond donors (Lipinski definition) is 1. The quantitative estimate of drug-likeness (QED) is 0.623. The summed E-state index contributed by atoms with van der Waals surface area (Å²) in [5, 5.41) is 7.56. The van der Waals surface area contributed by atoms with Crippen molar-refractivity contribution in [2.75, 3.05) is 5.32 Å². The van der Waals surface area contributed by atoms with Gasteiger partial charge in [-0.25, -0.2) is 14.1 Å². The Morgan fingerprint density at radius 2 is 1.86 bits per heavy atom. The Bertz CT molecular complexity index is 1020. The predicted octanol–water partition coefficient (Wildman–Crippen LogP) is 5.06. The number of amides is 1. The van der Waals surface area contributed by atoms with Gasteiger partial charge in [-0.3, -0.25) is 4.79 Å². The van der Waals surface area contributed by atoms with E-state index in [1.54, 1.807) is 19.1 Å². The second-order valence-electron chi connectivity index (χ2n) is 6.26. The highest BCUT2D eigenvalue weighted by Crippen LogP contribution is 2.34. The van der Waals surface area contributed by atoms with Gasteiger partial charge in [-0.1, -0.05) is 23.2 Å². The van der Waals surface area contributed by atoms with E-state index in [-0.39, 0.29) is 11.9 Å². The van der Waals surface area contributed by atoms with Crippen molar-refractivity contribution < 1.29 is 13.9 Å². The smallest absolute Gasteiger partial charge is 0.295 e. The van der Waals surface area contributed by atoms with Crippen molar-refractivity contribution >= 4 is 34.8 Å². The van der Waals surface area contributed by atoms with Crippen LogP contribution in [0, 0.1) is 12.7 Å². The second kappa shape index (κ2) is 8.16. The maximum atomic E-state index is 13.0. The number of halogens is 3. The molecule has 28 heavy (non-hydrogen) atoms. The summed E-state index contributed by atoms with van der Waals surface area (Å²) in [6, 6.07) is 8.59. The third-order valence-corrected chi connectivity index (χ3v) is 4.26. The van der Waals surface area contributed by atoms with Crippen LogP contribution in [0.5, 0.6) is 5.75 Å². The number of aromatic nitrogens is 3. The molecule has 0 aliphatic rings. The number of carbonyl (C=O) groups is 1. The number of rotatable bonds is 5. The number of nitrogens with zero attached hydrogens (tertiary/aromatic N) is 3. The summed E-state index contributed by atoms with van der Waals surface area (Å²) < 4.78 is 20.1. The van der Waals surface area contributed by atoms with Crippen molar-refractivity contribution in [1.82, 2.24) is 14.8 Å². The highest BCUT2D eigenvalue weighted by Gasteiger charge is 2.19. The maximum Gasteiger partial charge on any atom is 0.295 e. The lowest BCUT2D eigenvalue weighted by molar-refractivity contribution is 0.101. The predicted molar refractivity (Wildman–Crippen MR) is 106 cm³/mol. The lowest BCUT2D eigenvalue weighted by Gasteiger charge is -2.14. The van der Waals surface area contributed by atoms with Crippen LogP contribution in [0.25, 0.3) is 5.69 Å². The first-order chi connectivity index (χ1) is 13.2. The van der Waals surface area contributed by atoms with Gasteiger partial charge in [0.1, 0.15) is 17.4 Å². The number of benzene rings is 2. The van der Waals surface area contributed by atoms with Gasteiger partial charge in [0, 0.05) is 11.8 Å². The first-order valence-corrected chi connectivity index (χ1v) is 9.17. The minimum atomic E-state index is -0.530. The Hall–Kier alpha value is -2.64. The zero-order valence-corrected chi connectivity index (χ0v) is 16.8. The number of ether oxygens (including phenoxy) is 1. The lowest BCUT2D eigenvalue weighted by atomic mass is 10.3. The van der Waals surface area contributed by atoms with Crippen molar-refractivity contribution in [2.24, 2.45) is 0 Å². The summed E-state index contributed by atoms with van der Waals surface area (Å²) >= 11 is 12.5. The summed E-state index contributed by atoms with van der Waals surface area (Å²) in [6.45, 7) is 5.45. The molecule has 0 radical (unpaired) electrons. The van der Waals surface area contributed by atoms with Crippen LogP contribution in [0.1, 0.15) is 30.3 Å². The fraction of sp³-hybridized carbons (Fsp3) is 0.211. The minimum Gasteiger partial charge on any atom is -0.489 e. The number of anilines is 1. The van der Waals surface area contributed by atoms with E-state index in [1.165, 1.54) is 28.9 Å². The van der Waals surface area contributed by atoms with E-state index in [0.29, 0.717) is 33.0 Å². The molecule has 2 aromatic carbocycles. The molecule has 3 aromatic rings. The molecular formula is C19H17Cl2FN4O2. The highest BCUT2D eigenvalue weighted by molar-refractivity contribution is 6.36. The molecule has 0 bridgehead atoms. The average molecular weight is 423 g/mol. The Labute approximate surface area is 171 Å². The van der Waals surface area contributed by atoms with Crippen molar-refractivity contribution in [3.8, 4) is 11.4 Å². The van der Waals surface area contributed by atoms with Gasteiger partial charge < -0.3 is 10.1 Å². The molecule has 1 amide bonds. The third kappa shape index (κ3) is 4.43. The van der Waals surface area contributed by atoms with Gasteiger partial charge >= 0.3 is 0 Å². The van der Waals surface area contributed by atoms with Crippen molar-refractivity contribution in [2.45, 2.75) is 26.9 Å². The van der Waals surface area contributed by atoms with Gasteiger partial charge in [0.2, 0.25) is 5.82 Å². The highest BCUT2D eigenvalue weighted by atomic mass is 35.5. The first kappa shape index (κ1) is 20.1. The molecule has 9 heteroatoms. The molecule has 0 aliphatic carbocycles. The molecule has 0 spiro atoms. The van der Waals surface area contributed by atoms with Crippen LogP contribution in [0.2, 0.25) is 10.0 Å². The zero-order chi connectivity index (χ0) is 20.4. The third-order valence-electron chi connectivity index (χ3n) is 3.67. The molecule has 0 saturated heterocycles. The van der Waals surface area contributed by atoms with Crippen LogP contribution in [-0.4, -0.2) is 26.8 Å². The van der Waals surface area contributed by atoms with Gasteiger partial charge in [-0.05, 0) is 51.1 Å². The molecule has 1 aromatic heterocycles. The summed E-state index contributed by atoms with van der Waals surface area (Å²) in [4.78, 5) is 16.6. The van der Waals surface area contributed by atoms with Gasteiger partial charge in [-0.2, -0.15) is 0 Å².